The second-order valence-electron chi connectivity index (χ2n) is 4.43. The van der Waals surface area contributed by atoms with Gasteiger partial charge < -0.3 is 10.4 Å². The summed E-state index contributed by atoms with van der Waals surface area (Å²) >= 11 is 0. The highest BCUT2D eigenvalue weighted by Crippen LogP contribution is 2.07. The van der Waals surface area contributed by atoms with Gasteiger partial charge in [-0.2, -0.15) is 0 Å². The summed E-state index contributed by atoms with van der Waals surface area (Å²) in [6.45, 7) is 0.233. The van der Waals surface area contributed by atoms with Gasteiger partial charge in [-0.1, -0.05) is 36.1 Å². The molecule has 4 nitrogen and oxygen atoms in total. The molecule has 0 aliphatic carbocycles. The summed E-state index contributed by atoms with van der Waals surface area (Å²) in [6, 6.07) is 11.2. The van der Waals surface area contributed by atoms with Crippen LogP contribution in [0.25, 0.3) is 0 Å². The number of amides is 1. The van der Waals surface area contributed by atoms with Crippen molar-refractivity contribution in [3.8, 4) is 11.8 Å². The number of aliphatic hydroxyl groups is 1. The Kier molecular flexibility index (Phi) is 5.50. The predicted molar refractivity (Wildman–Crippen MR) is 80.2 cm³/mol. The molecule has 0 aliphatic heterocycles. The fraction of sp³-hybridized carbons (Fsp3) is 0.176. The molecule has 2 N–H and O–H groups in total. The van der Waals surface area contributed by atoms with Gasteiger partial charge in [0.15, 0.2) is 0 Å². The van der Waals surface area contributed by atoms with Crippen molar-refractivity contribution in [1.29, 1.82) is 0 Å². The Hall–Kier alpha value is -2.64. The van der Waals surface area contributed by atoms with Crippen molar-refractivity contribution in [3.63, 3.8) is 0 Å². The van der Waals surface area contributed by atoms with Gasteiger partial charge in [-0.15, -0.1) is 0 Å². The zero-order valence-electron chi connectivity index (χ0n) is 11.5. The van der Waals surface area contributed by atoms with Crippen molar-refractivity contribution >= 4 is 5.91 Å². The number of nitrogens with one attached hydrogen (secondary N) is 1. The third-order valence-corrected chi connectivity index (χ3v) is 2.88. The van der Waals surface area contributed by atoms with Crippen LogP contribution in [0.2, 0.25) is 0 Å². The number of carbonyl (C=O) groups excluding carboxylic acids is 1. The summed E-state index contributed by atoms with van der Waals surface area (Å²) < 4.78 is 0. The molecule has 0 radical (unpaired) electrons. The van der Waals surface area contributed by atoms with E-state index in [2.05, 4.69) is 22.1 Å². The molecule has 2 aromatic rings. The Labute approximate surface area is 123 Å². The fourth-order valence-corrected chi connectivity index (χ4v) is 1.88. The number of hydrogen-bond acceptors (Lipinski definition) is 3. The molecule has 0 saturated heterocycles. The normalized spacial score (nSPS) is 9.57. The largest absolute Gasteiger partial charge is 0.384 e. The van der Waals surface area contributed by atoms with E-state index in [0.29, 0.717) is 13.0 Å². The minimum Gasteiger partial charge on any atom is -0.384 e. The van der Waals surface area contributed by atoms with Gasteiger partial charge in [-0.3, -0.25) is 9.78 Å². The number of carbonyl (C=O) groups is 1. The number of nitrogens with zero attached hydrogens (tertiary/aromatic N) is 1. The van der Waals surface area contributed by atoms with Gasteiger partial charge in [0.2, 0.25) is 5.91 Å². The molecule has 1 aromatic heterocycles. The zero-order chi connectivity index (χ0) is 14.9. The van der Waals surface area contributed by atoms with Crippen molar-refractivity contribution < 1.29 is 9.90 Å². The topological polar surface area (TPSA) is 62.2 Å². The molecule has 0 saturated carbocycles. The van der Waals surface area contributed by atoms with Crippen molar-refractivity contribution in [2.24, 2.45) is 0 Å². The lowest BCUT2D eigenvalue weighted by atomic mass is 10.1. The number of pyridine rings is 1. The molecule has 4 heteroatoms. The lowest BCUT2D eigenvalue weighted by molar-refractivity contribution is -0.120. The van der Waals surface area contributed by atoms with Gasteiger partial charge in [0.1, 0.15) is 6.61 Å². The number of aromatic nitrogens is 1. The highest BCUT2D eigenvalue weighted by atomic mass is 16.2. The molecular formula is C17H16N2O2. The number of benzene rings is 1. The summed E-state index contributed by atoms with van der Waals surface area (Å²) in [5.74, 6) is 5.43. The molecule has 0 spiro atoms. The van der Waals surface area contributed by atoms with Crippen LogP contribution >= 0.6 is 0 Å². The molecular weight excluding hydrogens is 264 g/mol. The Morgan fingerprint density at radius 3 is 2.86 bits per heavy atom. The Morgan fingerprint density at radius 2 is 2.10 bits per heavy atom. The molecule has 1 aromatic carbocycles. The molecule has 0 aliphatic rings. The van der Waals surface area contributed by atoms with Crippen LogP contribution in [0, 0.1) is 11.8 Å². The van der Waals surface area contributed by atoms with E-state index in [0.717, 1.165) is 16.7 Å². The van der Waals surface area contributed by atoms with Crippen molar-refractivity contribution in [1.82, 2.24) is 10.3 Å². The van der Waals surface area contributed by atoms with E-state index in [1.165, 1.54) is 0 Å². The van der Waals surface area contributed by atoms with Gasteiger partial charge in [-0.05, 0) is 23.3 Å². The van der Waals surface area contributed by atoms with Gasteiger partial charge in [-0.25, -0.2) is 0 Å². The van der Waals surface area contributed by atoms with Crippen LogP contribution in [-0.4, -0.2) is 22.6 Å². The summed E-state index contributed by atoms with van der Waals surface area (Å²) in [5.41, 5.74) is 2.62. The van der Waals surface area contributed by atoms with Crippen LogP contribution in [0.4, 0.5) is 0 Å². The lowest BCUT2D eigenvalue weighted by Gasteiger charge is -2.07. The van der Waals surface area contributed by atoms with Crippen LogP contribution in [0.5, 0.6) is 0 Å². The van der Waals surface area contributed by atoms with Crippen LogP contribution in [-0.2, 0) is 17.8 Å². The van der Waals surface area contributed by atoms with E-state index >= 15 is 0 Å². The first-order valence-corrected chi connectivity index (χ1v) is 6.63. The Balaban J connectivity index is 1.95. The molecule has 1 heterocycles. The quantitative estimate of drug-likeness (QED) is 0.829. The second-order valence-corrected chi connectivity index (χ2v) is 4.43. The first kappa shape index (κ1) is 14.8. The third-order valence-electron chi connectivity index (χ3n) is 2.88. The molecule has 1 amide bonds. The van der Waals surface area contributed by atoms with Crippen molar-refractivity contribution in [3.05, 3.63) is 65.5 Å². The fourth-order valence-electron chi connectivity index (χ4n) is 1.88. The van der Waals surface area contributed by atoms with E-state index in [1.807, 2.05) is 36.4 Å². The molecule has 106 valence electrons. The highest BCUT2D eigenvalue weighted by molar-refractivity contribution is 5.78. The summed E-state index contributed by atoms with van der Waals surface area (Å²) in [5, 5.41) is 11.6. The smallest absolute Gasteiger partial charge is 0.224 e. The standard InChI is InChI=1S/C17H16N2O2/c20-10-4-8-15-6-1-2-7-16(15)13-19-17(21)11-14-5-3-9-18-12-14/h1-3,5-7,9,12,20H,10-11,13H2,(H,19,21). The van der Waals surface area contributed by atoms with E-state index in [-0.39, 0.29) is 12.5 Å². The SMILES string of the molecule is O=C(Cc1cccnc1)NCc1ccccc1C#CCO. The summed E-state index contributed by atoms with van der Waals surface area (Å²) in [4.78, 5) is 15.9. The first-order valence-electron chi connectivity index (χ1n) is 6.63. The van der Waals surface area contributed by atoms with Crippen molar-refractivity contribution in [2.45, 2.75) is 13.0 Å². The molecule has 0 fully saturated rings. The average Bonchev–Trinajstić information content (AvgIpc) is 2.52. The van der Waals surface area contributed by atoms with Gasteiger partial charge in [0.05, 0.1) is 6.42 Å². The zero-order valence-corrected chi connectivity index (χ0v) is 11.5. The highest BCUT2D eigenvalue weighted by Gasteiger charge is 2.05. The maximum Gasteiger partial charge on any atom is 0.224 e. The van der Waals surface area contributed by atoms with Gasteiger partial charge in [0.25, 0.3) is 0 Å². The monoisotopic (exact) mass is 280 g/mol. The number of rotatable bonds is 4. The van der Waals surface area contributed by atoms with E-state index < -0.39 is 0 Å². The molecule has 0 unspecified atom stereocenters. The van der Waals surface area contributed by atoms with E-state index in [9.17, 15) is 4.79 Å². The van der Waals surface area contributed by atoms with E-state index in [1.54, 1.807) is 12.4 Å². The minimum absolute atomic E-state index is 0.0621. The van der Waals surface area contributed by atoms with Gasteiger partial charge in [0, 0.05) is 24.5 Å². The Morgan fingerprint density at radius 1 is 1.24 bits per heavy atom. The first-order chi connectivity index (χ1) is 10.3. The van der Waals surface area contributed by atoms with Crippen LogP contribution in [0.3, 0.4) is 0 Å². The third kappa shape index (κ3) is 4.75. The van der Waals surface area contributed by atoms with E-state index in [4.69, 9.17) is 5.11 Å². The molecule has 2 rings (SSSR count). The van der Waals surface area contributed by atoms with Gasteiger partial charge >= 0.3 is 0 Å². The predicted octanol–water partition coefficient (Wildman–Crippen LogP) is 1.28. The average molecular weight is 280 g/mol. The number of hydrogen-bond donors (Lipinski definition) is 2. The van der Waals surface area contributed by atoms with Crippen LogP contribution < -0.4 is 5.32 Å². The minimum atomic E-state index is -0.179. The molecule has 0 atom stereocenters. The maximum absolute atomic E-state index is 11.9. The summed E-state index contributed by atoms with van der Waals surface area (Å²) in [7, 11) is 0. The van der Waals surface area contributed by atoms with Crippen molar-refractivity contribution in [2.75, 3.05) is 6.61 Å². The second kappa shape index (κ2) is 7.83. The number of aliphatic hydroxyl groups excluding tert-OH is 1. The lowest BCUT2D eigenvalue weighted by Crippen LogP contribution is -2.25. The molecule has 21 heavy (non-hydrogen) atoms. The summed E-state index contributed by atoms with van der Waals surface area (Å²) in [6.07, 6.45) is 3.66. The van der Waals surface area contributed by atoms with Crippen LogP contribution in [0.1, 0.15) is 16.7 Å². The van der Waals surface area contributed by atoms with Crippen LogP contribution in [0.15, 0.2) is 48.8 Å². The maximum atomic E-state index is 11.9. The molecule has 0 bridgehead atoms. The Bertz CT molecular complexity index is 657.